The number of benzene rings is 2. The van der Waals surface area contributed by atoms with E-state index in [1.165, 1.54) is 6.07 Å². The van der Waals surface area contributed by atoms with Crippen molar-refractivity contribution < 1.29 is 4.39 Å². The summed E-state index contributed by atoms with van der Waals surface area (Å²) in [6.07, 6.45) is 0. The number of nitrogens with one attached hydrogen (secondary N) is 1. The van der Waals surface area contributed by atoms with Crippen molar-refractivity contribution in [1.29, 1.82) is 0 Å². The Morgan fingerprint density at radius 3 is 2.53 bits per heavy atom. The Hall–Kier alpha value is -2.23. The Labute approximate surface area is 99.2 Å². The topological polar surface area (TPSA) is 64.1 Å². The smallest absolute Gasteiger partial charge is 0.128 e. The van der Waals surface area contributed by atoms with Crippen LogP contribution in [0.25, 0.3) is 0 Å². The predicted molar refractivity (Wildman–Crippen MR) is 69.7 cm³/mol. The molecule has 0 amide bonds. The van der Waals surface area contributed by atoms with E-state index in [4.69, 9.17) is 11.5 Å². The molecule has 2 aromatic carbocycles. The first kappa shape index (κ1) is 11.3. The molecule has 0 aliphatic carbocycles. The molecule has 5 N–H and O–H groups in total. The summed E-state index contributed by atoms with van der Waals surface area (Å²) in [6, 6.07) is 10.1. The lowest BCUT2D eigenvalue weighted by atomic mass is 10.1. The zero-order chi connectivity index (χ0) is 12.4. The molecule has 0 radical (unpaired) electrons. The Kier molecular flexibility index (Phi) is 2.87. The van der Waals surface area contributed by atoms with Crippen molar-refractivity contribution in [2.75, 3.05) is 16.8 Å². The van der Waals surface area contributed by atoms with E-state index in [1.54, 1.807) is 31.2 Å². The van der Waals surface area contributed by atoms with E-state index in [1.807, 2.05) is 6.07 Å². The second kappa shape index (κ2) is 4.33. The molecule has 0 bridgehead atoms. The summed E-state index contributed by atoms with van der Waals surface area (Å²) in [5.74, 6) is -0.238. The summed E-state index contributed by atoms with van der Waals surface area (Å²) in [5, 5.41) is 3.11. The quantitative estimate of drug-likeness (QED) is 0.696. The molecule has 0 unspecified atom stereocenters. The molecule has 0 aliphatic rings. The van der Waals surface area contributed by atoms with Crippen molar-refractivity contribution in [1.82, 2.24) is 0 Å². The number of hydrogen-bond donors (Lipinski definition) is 3. The van der Waals surface area contributed by atoms with E-state index in [0.717, 1.165) is 5.69 Å². The average molecular weight is 231 g/mol. The monoisotopic (exact) mass is 231 g/mol. The van der Waals surface area contributed by atoms with Crippen LogP contribution in [-0.4, -0.2) is 0 Å². The van der Waals surface area contributed by atoms with Crippen LogP contribution in [0.1, 0.15) is 5.56 Å². The molecule has 0 aromatic heterocycles. The van der Waals surface area contributed by atoms with Crippen LogP contribution in [0.4, 0.5) is 27.1 Å². The minimum absolute atomic E-state index is 0.238. The summed E-state index contributed by atoms with van der Waals surface area (Å²) >= 11 is 0. The van der Waals surface area contributed by atoms with E-state index < -0.39 is 0 Å². The van der Waals surface area contributed by atoms with Crippen LogP contribution < -0.4 is 16.8 Å². The zero-order valence-corrected chi connectivity index (χ0v) is 9.50. The number of rotatable bonds is 2. The fraction of sp³-hybridized carbons (Fsp3) is 0.0769. The molecular weight excluding hydrogens is 217 g/mol. The van der Waals surface area contributed by atoms with Crippen LogP contribution in [0.2, 0.25) is 0 Å². The fourth-order valence-electron chi connectivity index (χ4n) is 1.55. The molecule has 17 heavy (non-hydrogen) atoms. The van der Waals surface area contributed by atoms with Crippen LogP contribution in [-0.2, 0) is 0 Å². The molecule has 0 saturated heterocycles. The molecule has 0 atom stereocenters. The minimum Gasteiger partial charge on any atom is -0.397 e. The first-order valence-corrected chi connectivity index (χ1v) is 5.25. The van der Waals surface area contributed by atoms with Crippen LogP contribution in [0.3, 0.4) is 0 Å². The van der Waals surface area contributed by atoms with Gasteiger partial charge in [0.15, 0.2) is 0 Å². The molecule has 0 heterocycles. The van der Waals surface area contributed by atoms with Crippen LogP contribution >= 0.6 is 0 Å². The van der Waals surface area contributed by atoms with E-state index in [0.29, 0.717) is 22.6 Å². The van der Waals surface area contributed by atoms with Gasteiger partial charge < -0.3 is 16.8 Å². The third kappa shape index (κ3) is 2.30. The van der Waals surface area contributed by atoms with E-state index in [-0.39, 0.29) is 5.82 Å². The van der Waals surface area contributed by atoms with Crippen molar-refractivity contribution in [2.24, 2.45) is 0 Å². The maximum Gasteiger partial charge on any atom is 0.128 e. The Bertz CT molecular complexity index is 552. The first-order valence-electron chi connectivity index (χ1n) is 5.25. The Morgan fingerprint density at radius 1 is 1.06 bits per heavy atom. The summed E-state index contributed by atoms with van der Waals surface area (Å²) in [7, 11) is 0. The van der Waals surface area contributed by atoms with Crippen molar-refractivity contribution in [3.8, 4) is 0 Å². The zero-order valence-electron chi connectivity index (χ0n) is 9.50. The van der Waals surface area contributed by atoms with Gasteiger partial charge >= 0.3 is 0 Å². The summed E-state index contributed by atoms with van der Waals surface area (Å²) in [4.78, 5) is 0. The van der Waals surface area contributed by atoms with Gasteiger partial charge in [-0.1, -0.05) is 6.07 Å². The summed E-state index contributed by atoms with van der Waals surface area (Å²) < 4.78 is 13.3. The summed E-state index contributed by atoms with van der Waals surface area (Å²) in [5.41, 5.74) is 14.4. The SMILES string of the molecule is Cc1c(F)cccc1Nc1ccc(N)c(N)c1. The van der Waals surface area contributed by atoms with E-state index >= 15 is 0 Å². The molecule has 3 nitrogen and oxygen atoms in total. The largest absolute Gasteiger partial charge is 0.397 e. The average Bonchev–Trinajstić information content (AvgIpc) is 2.30. The van der Waals surface area contributed by atoms with Crippen LogP contribution in [0.15, 0.2) is 36.4 Å². The van der Waals surface area contributed by atoms with Gasteiger partial charge in [0.05, 0.1) is 11.4 Å². The molecule has 0 aliphatic heterocycles. The van der Waals surface area contributed by atoms with Gasteiger partial charge in [0.25, 0.3) is 0 Å². The maximum atomic E-state index is 13.3. The van der Waals surface area contributed by atoms with Crippen LogP contribution in [0.5, 0.6) is 0 Å². The number of halogens is 1. The highest BCUT2D eigenvalue weighted by atomic mass is 19.1. The summed E-state index contributed by atoms with van der Waals surface area (Å²) in [6.45, 7) is 1.72. The van der Waals surface area contributed by atoms with Gasteiger partial charge in [-0.2, -0.15) is 0 Å². The van der Waals surface area contributed by atoms with E-state index in [2.05, 4.69) is 5.32 Å². The van der Waals surface area contributed by atoms with Crippen LogP contribution in [0, 0.1) is 12.7 Å². The highest BCUT2D eigenvalue weighted by Crippen LogP contribution is 2.25. The molecular formula is C13H14FN3. The predicted octanol–water partition coefficient (Wildman–Crippen LogP) is 3.04. The molecule has 0 saturated carbocycles. The van der Waals surface area contributed by atoms with Gasteiger partial charge in [-0.3, -0.25) is 0 Å². The molecule has 88 valence electrons. The van der Waals surface area contributed by atoms with Crippen molar-refractivity contribution >= 4 is 22.7 Å². The molecule has 0 spiro atoms. The third-order valence-electron chi connectivity index (χ3n) is 2.63. The first-order chi connectivity index (χ1) is 8.08. The second-order valence-corrected chi connectivity index (χ2v) is 3.88. The molecule has 4 heteroatoms. The van der Waals surface area contributed by atoms with Crippen molar-refractivity contribution in [3.05, 3.63) is 47.8 Å². The lowest BCUT2D eigenvalue weighted by Crippen LogP contribution is -1.98. The van der Waals surface area contributed by atoms with E-state index in [9.17, 15) is 4.39 Å². The molecule has 2 aromatic rings. The van der Waals surface area contributed by atoms with Gasteiger partial charge in [-0.25, -0.2) is 4.39 Å². The Morgan fingerprint density at radius 2 is 1.82 bits per heavy atom. The molecule has 0 fully saturated rings. The van der Waals surface area contributed by atoms with Crippen molar-refractivity contribution in [2.45, 2.75) is 6.92 Å². The maximum absolute atomic E-state index is 13.3. The second-order valence-electron chi connectivity index (χ2n) is 3.88. The van der Waals surface area contributed by atoms with Gasteiger partial charge in [-0.05, 0) is 37.3 Å². The number of nitrogens with two attached hydrogens (primary N) is 2. The Balaban J connectivity index is 2.31. The van der Waals surface area contributed by atoms with Gasteiger partial charge in [0, 0.05) is 16.9 Å². The van der Waals surface area contributed by atoms with Crippen molar-refractivity contribution in [3.63, 3.8) is 0 Å². The third-order valence-corrected chi connectivity index (χ3v) is 2.63. The standard InChI is InChI=1S/C13H14FN3/c1-8-10(14)3-2-4-13(8)17-9-5-6-11(15)12(16)7-9/h2-7,17H,15-16H2,1H3. The lowest BCUT2D eigenvalue weighted by molar-refractivity contribution is 0.619. The van der Waals surface area contributed by atoms with Gasteiger partial charge in [-0.15, -0.1) is 0 Å². The highest BCUT2D eigenvalue weighted by Gasteiger charge is 2.04. The minimum atomic E-state index is -0.238. The molecule has 2 rings (SSSR count). The highest BCUT2D eigenvalue weighted by molar-refractivity contribution is 5.73. The number of hydrogen-bond acceptors (Lipinski definition) is 3. The van der Waals surface area contributed by atoms with Gasteiger partial charge in [0.1, 0.15) is 5.82 Å². The lowest BCUT2D eigenvalue weighted by Gasteiger charge is -2.11. The van der Waals surface area contributed by atoms with Gasteiger partial charge in [0.2, 0.25) is 0 Å². The normalized spacial score (nSPS) is 10.2. The fourth-order valence-corrected chi connectivity index (χ4v) is 1.55. The number of anilines is 4. The number of nitrogen functional groups attached to an aromatic ring is 2.